The molecule has 2 heterocycles. The van der Waals surface area contributed by atoms with E-state index in [0.717, 1.165) is 17.8 Å². The number of hydrogen-bond acceptors (Lipinski definition) is 5. The third-order valence-corrected chi connectivity index (χ3v) is 10.7. The summed E-state index contributed by atoms with van der Waals surface area (Å²) in [4.78, 5) is 11.2. The first kappa shape index (κ1) is 45.0. The van der Waals surface area contributed by atoms with Crippen molar-refractivity contribution in [2.45, 2.75) is 59.8 Å². The van der Waals surface area contributed by atoms with E-state index in [2.05, 4.69) is 113 Å². The van der Waals surface area contributed by atoms with Crippen LogP contribution >= 0.6 is 0 Å². The predicted octanol–water partition coefficient (Wildman–Crippen LogP) is 7.94. The maximum atomic E-state index is 10.7. The van der Waals surface area contributed by atoms with Gasteiger partial charge in [0.2, 0.25) is 12.4 Å². The Morgan fingerprint density at radius 1 is 0.483 bits per heavy atom. The molecule has 5 aromatic carbocycles. The van der Waals surface area contributed by atoms with Gasteiger partial charge in [-0.05, 0) is 118 Å². The van der Waals surface area contributed by atoms with E-state index in [1.54, 1.807) is 0 Å². The van der Waals surface area contributed by atoms with Crippen molar-refractivity contribution in [3.05, 3.63) is 215 Å². The Morgan fingerprint density at radius 3 is 1.23 bits per heavy atom. The summed E-state index contributed by atoms with van der Waals surface area (Å²) < 4.78 is 8.40. The third kappa shape index (κ3) is 11.6. The van der Waals surface area contributed by atoms with Crippen LogP contribution in [0.2, 0.25) is 0 Å². The summed E-state index contributed by atoms with van der Waals surface area (Å²) in [5.74, 6) is 0. The lowest BCUT2D eigenvalue weighted by Crippen LogP contribution is -2.48. The van der Waals surface area contributed by atoms with E-state index in [9.17, 15) is 10.0 Å². The largest absolute Gasteiger partial charge is 0.871 e. The second kappa shape index (κ2) is 22.9. The fourth-order valence-corrected chi connectivity index (χ4v) is 7.45. The summed E-state index contributed by atoms with van der Waals surface area (Å²) >= 11 is 0. The van der Waals surface area contributed by atoms with Crippen molar-refractivity contribution in [1.29, 1.82) is 0 Å². The monoisotopic (exact) mass is 800 g/mol. The molecule has 8 heteroatoms. The van der Waals surface area contributed by atoms with E-state index < -0.39 is 7.32 Å². The number of aryl methyl sites for hydroxylation is 2. The second-order valence-electron chi connectivity index (χ2n) is 14.4. The Balaban J connectivity index is 0.000000177. The zero-order chi connectivity index (χ0) is 42.7. The van der Waals surface area contributed by atoms with Crippen LogP contribution in [-0.4, -0.2) is 27.1 Å². The molecule has 0 aliphatic carbocycles. The van der Waals surface area contributed by atoms with Crippen molar-refractivity contribution in [2.75, 3.05) is 19.8 Å². The molecule has 0 unspecified atom stereocenters. The maximum Gasteiger partial charge on any atom is 0.264 e. The van der Waals surface area contributed by atoms with Gasteiger partial charge in [0.05, 0.1) is 18.4 Å². The molecule has 7 rings (SSSR count). The quantitative estimate of drug-likeness (QED) is 0.0483. The average Bonchev–Trinajstić information content (AvgIpc) is 3.28. The van der Waals surface area contributed by atoms with Crippen molar-refractivity contribution in [1.82, 2.24) is 0 Å². The zero-order valence-corrected chi connectivity index (χ0v) is 35.8. The average molecular weight is 801 g/mol. The lowest BCUT2D eigenvalue weighted by Gasteiger charge is -2.37. The normalized spacial score (nSPS) is 10.7. The smallest absolute Gasteiger partial charge is 0.264 e. The molecule has 0 amide bonds. The van der Waals surface area contributed by atoms with Gasteiger partial charge in [-0.1, -0.05) is 115 Å². The van der Waals surface area contributed by atoms with Crippen LogP contribution in [0.4, 0.5) is 0 Å². The maximum absolute atomic E-state index is 10.7. The predicted molar refractivity (Wildman–Crippen MR) is 237 cm³/mol. The van der Waals surface area contributed by atoms with E-state index in [-0.39, 0.29) is 12.0 Å². The van der Waals surface area contributed by atoms with Crippen LogP contribution in [0.25, 0.3) is 22.5 Å². The van der Waals surface area contributed by atoms with Crippen LogP contribution in [0.5, 0.6) is 0 Å². The highest BCUT2D eigenvalue weighted by molar-refractivity contribution is 6.28. The molecule has 0 saturated heterocycles. The summed E-state index contributed by atoms with van der Waals surface area (Å²) in [5, 5.41) is 21.4. The molecule has 0 fully saturated rings. The first-order valence-corrected chi connectivity index (χ1v) is 20.7. The Hall–Kier alpha value is -6.06. The number of benzene rings is 5. The number of aromatic nitrogens is 2. The molecule has 0 radical (unpaired) electrons. The number of pyridine rings is 2. The first-order chi connectivity index (χ1) is 29.2. The van der Waals surface area contributed by atoms with Crippen molar-refractivity contribution in [3.8, 4) is 22.5 Å². The summed E-state index contributed by atoms with van der Waals surface area (Å²) in [6.45, 7) is 14.0. The number of hydrogen-bond donors (Lipinski definition) is 0. The third-order valence-electron chi connectivity index (χ3n) is 10.7. The summed E-state index contributed by atoms with van der Waals surface area (Å²) in [6, 6.07) is 55.9. The zero-order valence-electron chi connectivity index (χ0n) is 35.8. The molecule has 7 nitrogen and oxygen atoms in total. The van der Waals surface area contributed by atoms with Gasteiger partial charge in [0.25, 0.3) is 11.4 Å². The molecular weight excluding hydrogens is 743 g/mol. The van der Waals surface area contributed by atoms with Crippen LogP contribution in [0, 0.1) is 27.7 Å². The van der Waals surface area contributed by atoms with Gasteiger partial charge in [0, 0.05) is 45.7 Å². The molecule has 0 aliphatic rings. The summed E-state index contributed by atoms with van der Waals surface area (Å²) in [5.41, 5.74) is 13.0. The van der Waals surface area contributed by atoms with Gasteiger partial charge in [0.1, 0.15) is 0 Å². The molecular formula is C52H57BN2O5. The molecule has 0 bridgehead atoms. The molecule has 308 valence electrons. The minimum Gasteiger partial charge on any atom is -0.871 e. The molecule has 2 aromatic heterocycles. The SMILES string of the molecule is CCO[n+]1ccccc1-c1cccc(C)c1C.CCO[n+]1ccccc1-c1cccc(C)c1C.[O-]B([O-])OCCCC(c1ccccc1)(c1ccccc1)c1ccccc1. The van der Waals surface area contributed by atoms with Gasteiger partial charge in [-0.2, -0.15) is 0 Å². The molecule has 7 aromatic rings. The van der Waals surface area contributed by atoms with Gasteiger partial charge >= 0.3 is 0 Å². The van der Waals surface area contributed by atoms with Gasteiger partial charge in [-0.25, -0.2) is 0 Å². The van der Waals surface area contributed by atoms with E-state index >= 15 is 0 Å². The van der Waals surface area contributed by atoms with E-state index in [4.69, 9.17) is 14.3 Å². The Kier molecular flexibility index (Phi) is 17.2. The number of nitrogens with zero attached hydrogens (tertiary/aromatic N) is 2. The van der Waals surface area contributed by atoms with Gasteiger partial charge in [0.15, 0.2) is 13.2 Å². The van der Waals surface area contributed by atoms with E-state index in [1.165, 1.54) is 50.1 Å². The minimum absolute atomic E-state index is 0.159. The first-order valence-electron chi connectivity index (χ1n) is 20.7. The van der Waals surface area contributed by atoms with Gasteiger partial charge in [-0.3, -0.25) is 9.68 Å². The van der Waals surface area contributed by atoms with Crippen molar-refractivity contribution in [2.24, 2.45) is 0 Å². The Labute approximate surface area is 357 Å². The molecule has 60 heavy (non-hydrogen) atoms. The van der Waals surface area contributed by atoms with Crippen molar-refractivity contribution >= 4 is 7.32 Å². The van der Waals surface area contributed by atoms with E-state index in [1.807, 2.05) is 115 Å². The Bertz CT molecular complexity index is 2150. The number of rotatable bonds is 14. The lowest BCUT2D eigenvalue weighted by molar-refractivity contribution is -0.882. The highest BCUT2D eigenvalue weighted by atomic mass is 16.7. The molecule has 0 aliphatic heterocycles. The van der Waals surface area contributed by atoms with Crippen LogP contribution < -0.4 is 29.2 Å². The van der Waals surface area contributed by atoms with E-state index in [0.29, 0.717) is 19.6 Å². The topological polar surface area (TPSA) is 81.6 Å². The molecule has 0 atom stereocenters. The fourth-order valence-electron chi connectivity index (χ4n) is 7.45. The van der Waals surface area contributed by atoms with Gasteiger partial charge < -0.3 is 14.7 Å². The van der Waals surface area contributed by atoms with Crippen LogP contribution in [0.1, 0.15) is 65.6 Å². The highest BCUT2D eigenvalue weighted by Gasteiger charge is 2.35. The second-order valence-corrected chi connectivity index (χ2v) is 14.4. The van der Waals surface area contributed by atoms with Crippen molar-refractivity contribution in [3.63, 3.8) is 0 Å². The molecule has 0 spiro atoms. The van der Waals surface area contributed by atoms with Gasteiger partial charge in [-0.15, -0.1) is 0 Å². The lowest BCUT2D eigenvalue weighted by atomic mass is 9.67. The molecule has 0 N–H and O–H groups in total. The summed E-state index contributed by atoms with van der Waals surface area (Å²) in [6.07, 6.45) is 5.23. The summed E-state index contributed by atoms with van der Waals surface area (Å²) in [7, 11) is -2.23. The van der Waals surface area contributed by atoms with Crippen LogP contribution in [0.3, 0.4) is 0 Å². The molecule has 0 saturated carbocycles. The van der Waals surface area contributed by atoms with Crippen LogP contribution in [-0.2, 0) is 10.1 Å². The minimum atomic E-state index is -2.23. The van der Waals surface area contributed by atoms with Crippen LogP contribution in [0.15, 0.2) is 176 Å². The fraction of sp³-hybridized carbons (Fsp3) is 0.231. The van der Waals surface area contributed by atoms with Crippen molar-refractivity contribution < 1.29 is 33.8 Å². The Morgan fingerprint density at radius 2 is 0.867 bits per heavy atom. The highest BCUT2D eigenvalue weighted by Crippen LogP contribution is 2.43. The standard InChI is InChI=1S/C22H21BO3.2C15H18NO/c24-23(25)26-18-10-17-22(19-11-4-1-5-12-19,20-13-6-2-7-14-20)21-15-8-3-9-16-21;2*1-4-17-16-11-6-5-10-15(16)14-9-7-8-12(2)13(14)3/h1-9,11-16H,10,17-18H2;2*5-11H,4H2,1-3H3/q-2;2*+1.